The molecule has 1 heterocycles. The lowest BCUT2D eigenvalue weighted by atomic mass is 10.1. The standard InChI is InChI=1S/C17H30N.ClH/c1-3-4-5-6-7-8-9-10-12-15-18-16-13-11-14-17(18)2;/h11,13-14,16H,3-10,12,15H2,1-2H3;1H/q+1;/p-1. The Morgan fingerprint density at radius 3 is 2.00 bits per heavy atom. The fourth-order valence-corrected chi connectivity index (χ4v) is 2.41. The second-order valence-corrected chi connectivity index (χ2v) is 5.36. The van der Waals surface area contributed by atoms with Crippen LogP contribution in [0.15, 0.2) is 24.4 Å². The molecule has 0 aliphatic rings. The molecule has 1 aromatic heterocycles. The van der Waals surface area contributed by atoms with Gasteiger partial charge in [0.15, 0.2) is 11.9 Å². The predicted octanol–water partition coefficient (Wildman–Crippen LogP) is 1.82. The number of aryl methyl sites for hydroxylation is 2. The molecule has 1 nitrogen and oxygen atoms in total. The maximum atomic E-state index is 2.36. The molecule has 1 rings (SSSR count). The van der Waals surface area contributed by atoms with Crippen molar-refractivity contribution < 1.29 is 17.0 Å². The summed E-state index contributed by atoms with van der Waals surface area (Å²) in [6, 6.07) is 6.43. The third-order valence-corrected chi connectivity index (χ3v) is 3.67. The van der Waals surface area contributed by atoms with Crippen LogP contribution in [-0.4, -0.2) is 0 Å². The molecule has 0 fully saturated rings. The van der Waals surface area contributed by atoms with Crippen molar-refractivity contribution in [3.63, 3.8) is 0 Å². The Hall–Kier alpha value is -0.560. The van der Waals surface area contributed by atoms with E-state index in [9.17, 15) is 0 Å². The van der Waals surface area contributed by atoms with E-state index in [0.717, 1.165) is 0 Å². The second-order valence-electron chi connectivity index (χ2n) is 5.36. The molecule has 0 N–H and O–H groups in total. The number of pyridine rings is 1. The van der Waals surface area contributed by atoms with E-state index in [0.29, 0.717) is 0 Å². The van der Waals surface area contributed by atoms with Gasteiger partial charge in [-0.2, -0.15) is 0 Å². The Kier molecular flexibility index (Phi) is 12.1. The zero-order valence-electron chi connectivity index (χ0n) is 12.7. The summed E-state index contributed by atoms with van der Waals surface area (Å²) in [6.07, 6.45) is 14.9. The van der Waals surface area contributed by atoms with Crippen molar-refractivity contribution in [2.24, 2.45) is 0 Å². The van der Waals surface area contributed by atoms with E-state index in [1.165, 1.54) is 70.0 Å². The lowest BCUT2D eigenvalue weighted by Crippen LogP contribution is -3.00. The number of halogens is 1. The van der Waals surface area contributed by atoms with Crippen LogP contribution in [-0.2, 0) is 6.54 Å². The van der Waals surface area contributed by atoms with Crippen LogP contribution < -0.4 is 17.0 Å². The van der Waals surface area contributed by atoms with E-state index >= 15 is 0 Å². The highest BCUT2D eigenvalue weighted by Gasteiger charge is 2.02. The first-order valence-corrected chi connectivity index (χ1v) is 7.79. The summed E-state index contributed by atoms with van der Waals surface area (Å²) in [5.41, 5.74) is 1.37. The highest BCUT2D eigenvalue weighted by atomic mass is 35.5. The van der Waals surface area contributed by atoms with E-state index in [2.05, 4.69) is 42.8 Å². The summed E-state index contributed by atoms with van der Waals surface area (Å²) in [5.74, 6) is 0. The van der Waals surface area contributed by atoms with Crippen molar-refractivity contribution in [2.75, 3.05) is 0 Å². The summed E-state index contributed by atoms with van der Waals surface area (Å²) < 4.78 is 2.36. The van der Waals surface area contributed by atoms with E-state index in [4.69, 9.17) is 0 Å². The second kappa shape index (κ2) is 12.5. The van der Waals surface area contributed by atoms with Crippen LogP contribution in [0.4, 0.5) is 0 Å². The van der Waals surface area contributed by atoms with Gasteiger partial charge in [0.1, 0.15) is 6.54 Å². The van der Waals surface area contributed by atoms with Gasteiger partial charge in [-0.3, -0.25) is 0 Å². The molecule has 0 spiro atoms. The van der Waals surface area contributed by atoms with E-state index < -0.39 is 0 Å². The minimum Gasteiger partial charge on any atom is -1.00 e. The molecule has 0 aliphatic heterocycles. The van der Waals surface area contributed by atoms with Crippen LogP contribution in [0, 0.1) is 6.92 Å². The maximum absolute atomic E-state index is 2.36. The van der Waals surface area contributed by atoms with Gasteiger partial charge in [0.05, 0.1) is 0 Å². The fourth-order valence-electron chi connectivity index (χ4n) is 2.41. The molecule has 110 valence electrons. The molecule has 0 bridgehead atoms. The van der Waals surface area contributed by atoms with Crippen LogP contribution >= 0.6 is 0 Å². The summed E-state index contributed by atoms with van der Waals surface area (Å²) in [5, 5.41) is 0. The zero-order valence-corrected chi connectivity index (χ0v) is 13.5. The van der Waals surface area contributed by atoms with E-state index in [1.807, 2.05) is 0 Å². The Labute approximate surface area is 125 Å². The number of hydrogen-bond donors (Lipinski definition) is 0. The lowest BCUT2D eigenvalue weighted by molar-refractivity contribution is -0.703. The smallest absolute Gasteiger partial charge is 0.178 e. The van der Waals surface area contributed by atoms with Crippen molar-refractivity contribution in [3.8, 4) is 0 Å². The van der Waals surface area contributed by atoms with Crippen LogP contribution in [0.25, 0.3) is 0 Å². The molecule has 0 saturated heterocycles. The van der Waals surface area contributed by atoms with Gasteiger partial charge in [-0.1, -0.05) is 57.9 Å². The molecule has 0 aromatic carbocycles. The number of rotatable bonds is 10. The lowest BCUT2D eigenvalue weighted by Gasteiger charge is -2.02. The molecule has 19 heavy (non-hydrogen) atoms. The Morgan fingerprint density at radius 1 is 0.842 bits per heavy atom. The van der Waals surface area contributed by atoms with Crippen molar-refractivity contribution >= 4 is 0 Å². The molecular formula is C17H30ClN. The van der Waals surface area contributed by atoms with Gasteiger partial charge in [0, 0.05) is 25.5 Å². The summed E-state index contributed by atoms with van der Waals surface area (Å²) in [7, 11) is 0. The molecular weight excluding hydrogens is 254 g/mol. The SMILES string of the molecule is CCCCCCCCCCC[n+]1ccccc1C.[Cl-]. The molecule has 0 saturated carbocycles. The van der Waals surface area contributed by atoms with Gasteiger partial charge in [-0.25, -0.2) is 4.57 Å². The van der Waals surface area contributed by atoms with Gasteiger partial charge >= 0.3 is 0 Å². The fraction of sp³-hybridized carbons (Fsp3) is 0.706. The predicted molar refractivity (Wildman–Crippen MR) is 78.6 cm³/mol. The summed E-state index contributed by atoms with van der Waals surface area (Å²) in [6.45, 7) is 5.65. The van der Waals surface area contributed by atoms with Crippen molar-refractivity contribution in [2.45, 2.75) is 78.2 Å². The van der Waals surface area contributed by atoms with Gasteiger partial charge in [-0.05, 0) is 6.42 Å². The van der Waals surface area contributed by atoms with E-state index in [1.54, 1.807) is 0 Å². The highest BCUT2D eigenvalue weighted by Crippen LogP contribution is 2.09. The first-order chi connectivity index (χ1) is 8.84. The zero-order chi connectivity index (χ0) is 13.1. The largest absolute Gasteiger partial charge is 1.00 e. The average Bonchev–Trinajstić information content (AvgIpc) is 2.39. The van der Waals surface area contributed by atoms with Crippen LogP contribution in [0.3, 0.4) is 0 Å². The average molecular weight is 284 g/mol. The molecule has 0 unspecified atom stereocenters. The van der Waals surface area contributed by atoms with Crippen LogP contribution in [0.2, 0.25) is 0 Å². The Balaban J connectivity index is 0.00000324. The number of nitrogens with zero attached hydrogens (tertiary/aromatic N) is 1. The molecule has 0 atom stereocenters. The number of hydrogen-bond acceptors (Lipinski definition) is 0. The third kappa shape index (κ3) is 9.04. The molecule has 2 heteroatoms. The van der Waals surface area contributed by atoms with Gasteiger partial charge in [0.2, 0.25) is 0 Å². The first kappa shape index (κ1) is 18.4. The monoisotopic (exact) mass is 283 g/mol. The van der Waals surface area contributed by atoms with Crippen LogP contribution in [0.1, 0.15) is 70.4 Å². The number of unbranched alkanes of at least 4 members (excludes halogenated alkanes) is 8. The quantitative estimate of drug-likeness (QED) is 0.456. The van der Waals surface area contributed by atoms with Crippen LogP contribution in [0.5, 0.6) is 0 Å². The molecule has 1 aromatic rings. The maximum Gasteiger partial charge on any atom is 0.178 e. The van der Waals surface area contributed by atoms with E-state index in [-0.39, 0.29) is 12.4 Å². The van der Waals surface area contributed by atoms with Crippen molar-refractivity contribution in [1.82, 2.24) is 0 Å². The third-order valence-electron chi connectivity index (χ3n) is 3.67. The summed E-state index contributed by atoms with van der Waals surface area (Å²) in [4.78, 5) is 0. The van der Waals surface area contributed by atoms with Crippen molar-refractivity contribution in [1.29, 1.82) is 0 Å². The minimum absolute atomic E-state index is 0. The van der Waals surface area contributed by atoms with Crippen molar-refractivity contribution in [3.05, 3.63) is 30.1 Å². The molecule has 0 radical (unpaired) electrons. The highest BCUT2D eigenvalue weighted by molar-refractivity contribution is 4.93. The normalized spacial score (nSPS) is 10.2. The first-order valence-electron chi connectivity index (χ1n) is 7.79. The molecule has 0 aliphatic carbocycles. The Bertz CT molecular complexity index is 312. The van der Waals surface area contributed by atoms with Gasteiger partial charge in [0.25, 0.3) is 0 Å². The summed E-state index contributed by atoms with van der Waals surface area (Å²) >= 11 is 0. The topological polar surface area (TPSA) is 3.88 Å². The van der Waals surface area contributed by atoms with Gasteiger partial charge in [-0.15, -0.1) is 0 Å². The number of aromatic nitrogens is 1. The molecule has 0 amide bonds. The Morgan fingerprint density at radius 2 is 1.42 bits per heavy atom. The minimum atomic E-state index is 0. The van der Waals surface area contributed by atoms with Gasteiger partial charge < -0.3 is 12.4 Å².